The molecule has 0 aliphatic carbocycles. The predicted molar refractivity (Wildman–Crippen MR) is 82.4 cm³/mol. The van der Waals surface area contributed by atoms with Gasteiger partial charge in [0.1, 0.15) is 11.3 Å². The van der Waals surface area contributed by atoms with Gasteiger partial charge in [0.25, 0.3) is 5.91 Å². The third-order valence-corrected chi connectivity index (χ3v) is 3.62. The summed E-state index contributed by atoms with van der Waals surface area (Å²) in [4.78, 5) is 36.8. The van der Waals surface area contributed by atoms with Crippen molar-refractivity contribution in [3.63, 3.8) is 0 Å². The van der Waals surface area contributed by atoms with Crippen molar-refractivity contribution in [3.05, 3.63) is 22.7 Å². The van der Waals surface area contributed by atoms with E-state index in [-0.39, 0.29) is 28.6 Å². The lowest BCUT2D eigenvalue weighted by atomic mass is 10.2. The van der Waals surface area contributed by atoms with Crippen LogP contribution in [0.25, 0.3) is 0 Å². The Morgan fingerprint density at radius 3 is 2.70 bits per heavy atom. The highest BCUT2D eigenvalue weighted by Gasteiger charge is 2.32. The van der Waals surface area contributed by atoms with E-state index >= 15 is 0 Å². The highest BCUT2D eigenvalue weighted by Crippen LogP contribution is 2.29. The number of methoxy groups -OCH3 is 1. The van der Waals surface area contributed by atoms with Crippen molar-refractivity contribution in [3.8, 4) is 5.75 Å². The van der Waals surface area contributed by atoms with Crippen molar-refractivity contribution < 1.29 is 23.9 Å². The molecule has 0 aromatic heterocycles. The number of ether oxygens (including phenoxy) is 2. The Hall–Kier alpha value is -2.48. The van der Waals surface area contributed by atoms with E-state index in [2.05, 4.69) is 5.32 Å². The number of nitrogen functional groups attached to an aromatic ring is 1. The van der Waals surface area contributed by atoms with Crippen LogP contribution in [-0.2, 0) is 9.53 Å². The normalized spacial score (nSPS) is 15.1. The molecule has 0 bridgehead atoms. The van der Waals surface area contributed by atoms with Crippen LogP contribution in [0, 0.1) is 0 Å². The number of benzene rings is 1. The van der Waals surface area contributed by atoms with E-state index in [1.54, 1.807) is 0 Å². The summed E-state index contributed by atoms with van der Waals surface area (Å²) in [7, 11) is 1.36. The minimum atomic E-state index is -1.13. The van der Waals surface area contributed by atoms with Crippen molar-refractivity contribution in [2.24, 2.45) is 0 Å². The van der Waals surface area contributed by atoms with Crippen molar-refractivity contribution in [2.75, 3.05) is 25.9 Å². The molecule has 9 heteroatoms. The number of imide groups is 1. The topological polar surface area (TPSA) is 111 Å². The van der Waals surface area contributed by atoms with Crippen molar-refractivity contribution in [1.29, 1.82) is 0 Å². The Balaban J connectivity index is 2.14. The highest BCUT2D eigenvalue weighted by molar-refractivity contribution is 6.33. The first kappa shape index (κ1) is 16.9. The molecule has 1 unspecified atom stereocenters. The molecule has 2 rings (SSSR count). The van der Waals surface area contributed by atoms with E-state index in [9.17, 15) is 14.4 Å². The van der Waals surface area contributed by atoms with Crippen molar-refractivity contribution in [1.82, 2.24) is 10.2 Å². The van der Waals surface area contributed by atoms with E-state index in [1.165, 1.54) is 26.2 Å². The summed E-state index contributed by atoms with van der Waals surface area (Å²) in [5.74, 6) is -1.23. The van der Waals surface area contributed by atoms with Gasteiger partial charge in [-0.05, 0) is 13.0 Å². The fourth-order valence-electron chi connectivity index (χ4n) is 2.07. The molecule has 23 heavy (non-hydrogen) atoms. The van der Waals surface area contributed by atoms with Gasteiger partial charge in [-0.25, -0.2) is 9.59 Å². The Morgan fingerprint density at radius 1 is 1.43 bits per heavy atom. The minimum absolute atomic E-state index is 0.0391. The van der Waals surface area contributed by atoms with E-state index in [0.29, 0.717) is 6.54 Å². The molecule has 3 N–H and O–H groups in total. The lowest BCUT2D eigenvalue weighted by Gasteiger charge is -2.19. The summed E-state index contributed by atoms with van der Waals surface area (Å²) in [5, 5.41) is 2.66. The predicted octanol–water partition coefficient (Wildman–Crippen LogP) is 1.03. The molecule has 1 aromatic rings. The lowest BCUT2D eigenvalue weighted by molar-refractivity contribution is -0.136. The Bertz CT molecular complexity index is 664. The first-order valence-electron chi connectivity index (χ1n) is 6.78. The smallest absolute Gasteiger partial charge is 0.342 e. The van der Waals surface area contributed by atoms with E-state index in [0.717, 1.165) is 4.90 Å². The molecule has 0 radical (unpaired) electrons. The number of nitrogens with one attached hydrogen (secondary N) is 1. The number of anilines is 1. The quantitative estimate of drug-likeness (QED) is 0.625. The molecule has 1 aliphatic heterocycles. The van der Waals surface area contributed by atoms with Crippen LogP contribution in [0.3, 0.4) is 0 Å². The number of hydrogen-bond donors (Lipinski definition) is 2. The molecule has 1 heterocycles. The SMILES string of the molecule is COc1cc(N)c(Cl)cc1C(=O)OC(C)C(=O)N1CCNC1=O. The van der Waals surface area contributed by atoms with Crippen LogP contribution in [0.1, 0.15) is 17.3 Å². The Morgan fingerprint density at radius 2 is 2.13 bits per heavy atom. The van der Waals surface area contributed by atoms with Crippen LogP contribution in [0.5, 0.6) is 5.75 Å². The van der Waals surface area contributed by atoms with Crippen LogP contribution in [0.2, 0.25) is 5.02 Å². The van der Waals surface area contributed by atoms with Gasteiger partial charge in [0, 0.05) is 19.2 Å². The molecule has 1 aliphatic rings. The number of nitrogens with two attached hydrogens (primary N) is 1. The number of halogens is 1. The molecule has 8 nitrogen and oxygen atoms in total. The number of urea groups is 1. The largest absolute Gasteiger partial charge is 0.496 e. The summed E-state index contributed by atoms with van der Waals surface area (Å²) < 4.78 is 10.2. The molecular weight excluding hydrogens is 326 g/mol. The number of nitrogens with zero attached hydrogens (tertiary/aromatic N) is 1. The van der Waals surface area contributed by atoms with Gasteiger partial charge in [0.15, 0.2) is 6.10 Å². The van der Waals surface area contributed by atoms with Crippen LogP contribution >= 0.6 is 11.6 Å². The van der Waals surface area contributed by atoms with E-state index in [4.69, 9.17) is 26.8 Å². The molecule has 3 amide bonds. The fraction of sp³-hybridized carbons (Fsp3) is 0.357. The van der Waals surface area contributed by atoms with Gasteiger partial charge < -0.3 is 20.5 Å². The Labute approximate surface area is 137 Å². The summed E-state index contributed by atoms with van der Waals surface area (Å²) in [6.45, 7) is 1.99. The summed E-state index contributed by atoms with van der Waals surface area (Å²) in [6.07, 6.45) is -1.13. The van der Waals surface area contributed by atoms with Gasteiger partial charge in [-0.1, -0.05) is 11.6 Å². The fourth-order valence-corrected chi connectivity index (χ4v) is 2.24. The summed E-state index contributed by atoms with van der Waals surface area (Å²) in [5.41, 5.74) is 5.93. The second-order valence-corrected chi connectivity index (χ2v) is 5.25. The van der Waals surface area contributed by atoms with Gasteiger partial charge in [0.05, 0.1) is 17.8 Å². The van der Waals surface area contributed by atoms with Crippen LogP contribution in [0.4, 0.5) is 10.5 Å². The number of esters is 1. The molecule has 1 fully saturated rings. The molecular formula is C14H16ClN3O5. The molecule has 0 saturated carbocycles. The monoisotopic (exact) mass is 341 g/mol. The molecule has 1 atom stereocenters. The summed E-state index contributed by atoms with van der Waals surface area (Å²) >= 11 is 5.89. The number of hydrogen-bond acceptors (Lipinski definition) is 6. The molecule has 0 spiro atoms. The van der Waals surface area contributed by atoms with Crippen molar-refractivity contribution in [2.45, 2.75) is 13.0 Å². The third kappa shape index (κ3) is 3.48. The van der Waals surface area contributed by atoms with Gasteiger partial charge in [0.2, 0.25) is 0 Å². The first-order valence-corrected chi connectivity index (χ1v) is 7.16. The zero-order valence-corrected chi connectivity index (χ0v) is 13.3. The zero-order valence-electron chi connectivity index (χ0n) is 12.6. The first-order chi connectivity index (χ1) is 10.8. The summed E-state index contributed by atoms with van der Waals surface area (Å²) in [6, 6.07) is 2.18. The standard InChI is InChI=1S/C14H16ClN3O5/c1-7(12(19)18-4-3-17-14(18)21)23-13(20)8-5-9(15)10(16)6-11(8)22-2/h5-7H,3-4,16H2,1-2H3,(H,17,21). The second kappa shape index (κ2) is 6.74. The number of rotatable bonds is 4. The van der Waals surface area contributed by atoms with Crippen molar-refractivity contribution >= 4 is 35.2 Å². The molecule has 1 aromatic carbocycles. The highest BCUT2D eigenvalue weighted by atomic mass is 35.5. The third-order valence-electron chi connectivity index (χ3n) is 3.29. The molecule has 124 valence electrons. The average molecular weight is 342 g/mol. The maximum atomic E-state index is 12.2. The van der Waals surface area contributed by atoms with Gasteiger partial charge >= 0.3 is 12.0 Å². The van der Waals surface area contributed by atoms with E-state index in [1.807, 2.05) is 0 Å². The second-order valence-electron chi connectivity index (χ2n) is 4.84. The van der Waals surface area contributed by atoms with Crippen LogP contribution in [-0.4, -0.2) is 49.1 Å². The van der Waals surface area contributed by atoms with Gasteiger partial charge in [-0.15, -0.1) is 0 Å². The van der Waals surface area contributed by atoms with Gasteiger partial charge in [-0.3, -0.25) is 9.69 Å². The van der Waals surface area contributed by atoms with Crippen LogP contribution < -0.4 is 15.8 Å². The maximum absolute atomic E-state index is 12.2. The van der Waals surface area contributed by atoms with E-state index < -0.39 is 24.0 Å². The lowest BCUT2D eigenvalue weighted by Crippen LogP contribution is -2.41. The number of amides is 3. The van der Waals surface area contributed by atoms with Crippen LogP contribution in [0.15, 0.2) is 12.1 Å². The average Bonchev–Trinajstić information content (AvgIpc) is 2.94. The molecule has 1 saturated heterocycles. The maximum Gasteiger partial charge on any atom is 0.342 e. The minimum Gasteiger partial charge on any atom is -0.496 e. The Kier molecular flexibility index (Phi) is 4.95. The number of carbonyl (C=O) groups excluding carboxylic acids is 3. The van der Waals surface area contributed by atoms with Gasteiger partial charge in [-0.2, -0.15) is 0 Å². The number of carbonyl (C=O) groups is 3. The zero-order chi connectivity index (χ0) is 17.1.